The summed E-state index contributed by atoms with van der Waals surface area (Å²) < 4.78 is 5.33. The molecular weight excluding hydrogens is 252 g/mol. The number of nitrogens with zero attached hydrogens (tertiary/aromatic N) is 3. The van der Waals surface area contributed by atoms with E-state index in [1.807, 2.05) is 30.3 Å². The van der Waals surface area contributed by atoms with Gasteiger partial charge in [0, 0.05) is 12.1 Å². The van der Waals surface area contributed by atoms with E-state index in [2.05, 4.69) is 15.0 Å². The summed E-state index contributed by atoms with van der Waals surface area (Å²) in [5.41, 5.74) is 6.73. The van der Waals surface area contributed by atoms with Crippen LogP contribution in [0.3, 0.4) is 0 Å². The molecule has 0 aliphatic carbocycles. The minimum absolute atomic E-state index is 0.591. The third-order valence-corrected chi connectivity index (χ3v) is 3.79. The van der Waals surface area contributed by atoms with E-state index in [0.29, 0.717) is 11.8 Å². The highest BCUT2D eigenvalue weighted by Crippen LogP contribution is 2.19. The van der Waals surface area contributed by atoms with Crippen LogP contribution >= 0.6 is 0 Å². The van der Waals surface area contributed by atoms with Crippen molar-refractivity contribution < 1.29 is 4.52 Å². The zero-order valence-corrected chi connectivity index (χ0v) is 11.5. The second kappa shape index (κ2) is 6.15. The molecule has 20 heavy (non-hydrogen) atoms. The van der Waals surface area contributed by atoms with Crippen LogP contribution < -0.4 is 5.73 Å². The summed E-state index contributed by atoms with van der Waals surface area (Å²) >= 11 is 0. The standard InChI is InChI=1S/C15H20N4O/c16-9-12-5-4-8-19(10-12)11-14-17-15(20-18-14)13-6-2-1-3-7-13/h1-3,6-7,12H,4-5,8-11,16H2. The van der Waals surface area contributed by atoms with E-state index in [1.54, 1.807) is 0 Å². The van der Waals surface area contributed by atoms with Crippen LogP contribution in [0.5, 0.6) is 0 Å². The summed E-state index contributed by atoms with van der Waals surface area (Å²) in [7, 11) is 0. The molecule has 3 rings (SSSR count). The Balaban J connectivity index is 1.65. The number of likely N-dealkylation sites (tertiary alicyclic amines) is 1. The summed E-state index contributed by atoms with van der Waals surface area (Å²) in [6, 6.07) is 9.86. The highest BCUT2D eigenvalue weighted by molar-refractivity contribution is 5.51. The molecule has 2 aromatic rings. The van der Waals surface area contributed by atoms with E-state index < -0.39 is 0 Å². The second-order valence-electron chi connectivity index (χ2n) is 5.36. The average Bonchev–Trinajstić information content (AvgIpc) is 2.97. The largest absolute Gasteiger partial charge is 0.334 e. The van der Waals surface area contributed by atoms with Gasteiger partial charge in [-0.1, -0.05) is 23.4 Å². The molecule has 1 aliphatic heterocycles. The van der Waals surface area contributed by atoms with E-state index >= 15 is 0 Å². The van der Waals surface area contributed by atoms with E-state index in [9.17, 15) is 0 Å². The van der Waals surface area contributed by atoms with Gasteiger partial charge in [0.05, 0.1) is 6.54 Å². The van der Waals surface area contributed by atoms with Gasteiger partial charge < -0.3 is 10.3 Å². The first-order valence-corrected chi connectivity index (χ1v) is 7.15. The maximum atomic E-state index is 5.76. The topological polar surface area (TPSA) is 68.2 Å². The van der Waals surface area contributed by atoms with Crippen molar-refractivity contribution in [2.24, 2.45) is 11.7 Å². The van der Waals surface area contributed by atoms with Crippen LogP contribution in [0, 0.1) is 5.92 Å². The number of aromatic nitrogens is 2. The lowest BCUT2D eigenvalue weighted by Gasteiger charge is -2.30. The van der Waals surface area contributed by atoms with Crippen LogP contribution in [0.15, 0.2) is 34.9 Å². The van der Waals surface area contributed by atoms with E-state index in [4.69, 9.17) is 10.3 Å². The molecular formula is C15H20N4O. The minimum Gasteiger partial charge on any atom is -0.334 e. The van der Waals surface area contributed by atoms with Crippen molar-refractivity contribution in [3.8, 4) is 11.5 Å². The number of hydrogen-bond acceptors (Lipinski definition) is 5. The van der Waals surface area contributed by atoms with Crippen LogP contribution in [0.4, 0.5) is 0 Å². The molecule has 1 aliphatic rings. The van der Waals surface area contributed by atoms with Crippen LogP contribution in [0.2, 0.25) is 0 Å². The number of piperidine rings is 1. The van der Waals surface area contributed by atoms with Gasteiger partial charge in [-0.2, -0.15) is 4.98 Å². The van der Waals surface area contributed by atoms with Gasteiger partial charge >= 0.3 is 0 Å². The second-order valence-corrected chi connectivity index (χ2v) is 5.36. The molecule has 1 atom stereocenters. The quantitative estimate of drug-likeness (QED) is 0.920. The van der Waals surface area contributed by atoms with Crippen molar-refractivity contribution >= 4 is 0 Å². The van der Waals surface area contributed by atoms with Crippen LogP contribution in [-0.2, 0) is 6.54 Å². The molecule has 5 heteroatoms. The fourth-order valence-electron chi connectivity index (χ4n) is 2.70. The Morgan fingerprint density at radius 3 is 2.95 bits per heavy atom. The molecule has 1 fully saturated rings. The summed E-state index contributed by atoms with van der Waals surface area (Å²) in [5.74, 6) is 1.94. The molecule has 0 radical (unpaired) electrons. The Morgan fingerprint density at radius 1 is 1.30 bits per heavy atom. The predicted molar refractivity (Wildman–Crippen MR) is 76.8 cm³/mol. The van der Waals surface area contributed by atoms with Crippen molar-refractivity contribution in [1.82, 2.24) is 15.0 Å². The Kier molecular flexibility index (Phi) is 4.08. The third-order valence-electron chi connectivity index (χ3n) is 3.79. The van der Waals surface area contributed by atoms with Crippen LogP contribution in [-0.4, -0.2) is 34.7 Å². The first-order valence-electron chi connectivity index (χ1n) is 7.15. The van der Waals surface area contributed by atoms with Gasteiger partial charge in [0.2, 0.25) is 0 Å². The van der Waals surface area contributed by atoms with Gasteiger partial charge in [0.1, 0.15) is 0 Å². The molecule has 2 heterocycles. The summed E-state index contributed by atoms with van der Waals surface area (Å²) in [6.07, 6.45) is 2.43. The average molecular weight is 272 g/mol. The Hall–Kier alpha value is -1.72. The fraction of sp³-hybridized carbons (Fsp3) is 0.467. The zero-order chi connectivity index (χ0) is 13.8. The number of nitrogens with two attached hydrogens (primary N) is 1. The van der Waals surface area contributed by atoms with Crippen LogP contribution in [0.1, 0.15) is 18.7 Å². The molecule has 0 saturated carbocycles. The molecule has 1 aromatic heterocycles. The molecule has 106 valence electrons. The van der Waals surface area contributed by atoms with Gasteiger partial charge in [0.25, 0.3) is 5.89 Å². The van der Waals surface area contributed by atoms with E-state index in [-0.39, 0.29) is 0 Å². The first-order chi connectivity index (χ1) is 9.85. The Bertz CT molecular complexity index is 540. The highest BCUT2D eigenvalue weighted by Gasteiger charge is 2.20. The van der Waals surface area contributed by atoms with E-state index in [1.165, 1.54) is 12.8 Å². The smallest absolute Gasteiger partial charge is 0.257 e. The molecule has 1 unspecified atom stereocenters. The number of hydrogen-bond donors (Lipinski definition) is 1. The van der Waals surface area contributed by atoms with E-state index in [0.717, 1.165) is 37.6 Å². The molecule has 2 N–H and O–H groups in total. The van der Waals surface area contributed by atoms with Gasteiger partial charge in [0.15, 0.2) is 5.82 Å². The maximum Gasteiger partial charge on any atom is 0.257 e. The normalized spacial score (nSPS) is 20.1. The number of rotatable bonds is 4. The monoisotopic (exact) mass is 272 g/mol. The lowest BCUT2D eigenvalue weighted by molar-refractivity contribution is 0.166. The van der Waals surface area contributed by atoms with Crippen molar-refractivity contribution in [2.75, 3.05) is 19.6 Å². The van der Waals surface area contributed by atoms with Crippen LogP contribution in [0.25, 0.3) is 11.5 Å². The highest BCUT2D eigenvalue weighted by atomic mass is 16.5. The summed E-state index contributed by atoms with van der Waals surface area (Å²) in [5, 5.41) is 4.08. The van der Waals surface area contributed by atoms with Gasteiger partial charge in [-0.3, -0.25) is 4.90 Å². The minimum atomic E-state index is 0.591. The van der Waals surface area contributed by atoms with Crippen molar-refractivity contribution in [1.29, 1.82) is 0 Å². The molecule has 1 aromatic carbocycles. The summed E-state index contributed by atoms with van der Waals surface area (Å²) in [6.45, 7) is 3.63. The zero-order valence-electron chi connectivity index (χ0n) is 11.5. The Labute approximate surface area is 118 Å². The number of benzene rings is 1. The molecule has 1 saturated heterocycles. The van der Waals surface area contributed by atoms with Gasteiger partial charge in [-0.15, -0.1) is 0 Å². The Morgan fingerprint density at radius 2 is 2.15 bits per heavy atom. The molecule has 5 nitrogen and oxygen atoms in total. The SMILES string of the molecule is NCC1CCCN(Cc2noc(-c3ccccc3)n2)C1. The lowest BCUT2D eigenvalue weighted by atomic mass is 9.98. The fourth-order valence-corrected chi connectivity index (χ4v) is 2.70. The van der Waals surface area contributed by atoms with Crippen molar-refractivity contribution in [3.63, 3.8) is 0 Å². The lowest BCUT2D eigenvalue weighted by Crippen LogP contribution is -2.38. The predicted octanol–water partition coefficient (Wildman–Crippen LogP) is 1.91. The first kappa shape index (κ1) is 13.3. The van der Waals surface area contributed by atoms with Gasteiger partial charge in [-0.05, 0) is 44.0 Å². The molecule has 0 spiro atoms. The third kappa shape index (κ3) is 3.05. The molecule has 0 bridgehead atoms. The van der Waals surface area contributed by atoms with Crippen molar-refractivity contribution in [3.05, 3.63) is 36.2 Å². The maximum absolute atomic E-state index is 5.76. The van der Waals surface area contributed by atoms with Crippen molar-refractivity contribution in [2.45, 2.75) is 19.4 Å². The van der Waals surface area contributed by atoms with Gasteiger partial charge in [-0.25, -0.2) is 0 Å². The summed E-state index contributed by atoms with van der Waals surface area (Å²) in [4.78, 5) is 6.84. The molecule has 0 amide bonds.